The molecule has 3 saturated heterocycles. The highest BCUT2D eigenvalue weighted by Gasteiger charge is 2.57. The van der Waals surface area contributed by atoms with Crippen LogP contribution < -0.4 is 0 Å². The summed E-state index contributed by atoms with van der Waals surface area (Å²) in [4.78, 5) is 12.1. The fraction of sp³-hybridized carbons (Fsp3) is 0.824. The molecule has 0 amide bonds. The zero-order valence-electron chi connectivity index (χ0n) is 15.4. The maximum Gasteiger partial charge on any atom is 0.337 e. The minimum Gasteiger partial charge on any atom is -0.471 e. The first-order valence-corrected chi connectivity index (χ1v) is 9.24. The molecular formula is C17H24O12. The Labute approximate surface area is 165 Å². The average molecular weight is 420 g/mol. The standard InChI is InChI=1S/C17H24O12/c1-24-14(22)6-4-25-16(9-5(6)2-8-27-13(9)15(23)28-8)29-17-12(21)11(20)10(19)7(3-18)26-17/h4-5,7-13,15-21,23H,2-3H2,1H3. The second-order valence-corrected chi connectivity index (χ2v) is 7.38. The van der Waals surface area contributed by atoms with Crippen molar-refractivity contribution in [1.82, 2.24) is 0 Å². The molecule has 0 spiro atoms. The number of rotatable bonds is 4. The molecule has 29 heavy (non-hydrogen) atoms. The summed E-state index contributed by atoms with van der Waals surface area (Å²) < 4.78 is 32.3. The van der Waals surface area contributed by atoms with Crippen molar-refractivity contribution in [3.8, 4) is 0 Å². The first-order valence-electron chi connectivity index (χ1n) is 9.24. The van der Waals surface area contributed by atoms with E-state index >= 15 is 0 Å². The predicted octanol–water partition coefficient (Wildman–Crippen LogP) is -3.09. The molecule has 0 aliphatic carbocycles. The summed E-state index contributed by atoms with van der Waals surface area (Å²) in [7, 11) is 1.23. The monoisotopic (exact) mass is 420 g/mol. The number of carbonyl (C=O) groups is 1. The minimum atomic E-state index is -1.64. The van der Waals surface area contributed by atoms with E-state index in [4.69, 9.17) is 28.4 Å². The number of esters is 1. The molecule has 4 heterocycles. The van der Waals surface area contributed by atoms with Crippen LogP contribution in [0.25, 0.3) is 0 Å². The van der Waals surface area contributed by atoms with Crippen LogP contribution in [0.15, 0.2) is 11.8 Å². The van der Waals surface area contributed by atoms with E-state index in [2.05, 4.69) is 0 Å². The van der Waals surface area contributed by atoms with Gasteiger partial charge < -0.3 is 54.0 Å². The van der Waals surface area contributed by atoms with Gasteiger partial charge in [0.25, 0.3) is 0 Å². The summed E-state index contributed by atoms with van der Waals surface area (Å²) in [6.45, 7) is -0.616. The van der Waals surface area contributed by atoms with Gasteiger partial charge in [-0.2, -0.15) is 0 Å². The van der Waals surface area contributed by atoms with Crippen LogP contribution in [0, 0.1) is 11.8 Å². The van der Waals surface area contributed by atoms with Gasteiger partial charge in [-0.25, -0.2) is 4.79 Å². The summed E-state index contributed by atoms with van der Waals surface area (Å²) in [5.74, 6) is -1.83. The molecule has 12 nitrogen and oxygen atoms in total. The van der Waals surface area contributed by atoms with Crippen LogP contribution in [-0.4, -0.2) is 101 Å². The molecule has 4 aliphatic heterocycles. The molecule has 3 fully saturated rings. The normalized spacial score (nSPS) is 49.0. The topological polar surface area (TPSA) is 174 Å². The lowest BCUT2D eigenvalue weighted by Gasteiger charge is -2.45. The highest BCUT2D eigenvalue weighted by molar-refractivity contribution is 5.88. The number of methoxy groups -OCH3 is 1. The van der Waals surface area contributed by atoms with Crippen molar-refractivity contribution in [1.29, 1.82) is 0 Å². The van der Waals surface area contributed by atoms with Crippen molar-refractivity contribution < 1.29 is 58.7 Å². The molecule has 164 valence electrons. The number of ether oxygens (including phenoxy) is 6. The third-order valence-corrected chi connectivity index (χ3v) is 5.75. The number of hydrogen-bond donors (Lipinski definition) is 5. The SMILES string of the molecule is COC(=O)C1=COC(OC2OC(CO)C(O)C(O)C2O)C2C1CC1OC(O)C2O1. The van der Waals surface area contributed by atoms with Gasteiger partial charge >= 0.3 is 5.97 Å². The van der Waals surface area contributed by atoms with Crippen LogP contribution in [0.2, 0.25) is 0 Å². The van der Waals surface area contributed by atoms with Crippen LogP contribution in [0.5, 0.6) is 0 Å². The third-order valence-electron chi connectivity index (χ3n) is 5.75. The van der Waals surface area contributed by atoms with Crippen LogP contribution in [0.1, 0.15) is 6.42 Å². The summed E-state index contributed by atoms with van der Waals surface area (Å²) in [5.41, 5.74) is 0.224. The van der Waals surface area contributed by atoms with Gasteiger partial charge in [0.1, 0.15) is 30.5 Å². The number of carbonyl (C=O) groups excluding carboxylic acids is 1. The van der Waals surface area contributed by atoms with Crippen molar-refractivity contribution >= 4 is 5.97 Å². The fourth-order valence-electron chi connectivity index (χ4n) is 4.24. The Morgan fingerprint density at radius 3 is 2.55 bits per heavy atom. The molecule has 0 aromatic rings. The lowest BCUT2D eigenvalue weighted by atomic mass is 9.77. The largest absolute Gasteiger partial charge is 0.471 e. The Morgan fingerprint density at radius 1 is 1.10 bits per heavy atom. The lowest BCUT2D eigenvalue weighted by molar-refractivity contribution is -0.348. The Bertz CT molecular complexity index is 652. The molecule has 0 aromatic carbocycles. The second kappa shape index (κ2) is 8.06. The highest BCUT2D eigenvalue weighted by Crippen LogP contribution is 2.47. The van der Waals surface area contributed by atoms with Crippen molar-refractivity contribution in [2.45, 2.75) is 62.1 Å². The van der Waals surface area contributed by atoms with Crippen LogP contribution >= 0.6 is 0 Å². The van der Waals surface area contributed by atoms with Gasteiger partial charge in [-0.15, -0.1) is 0 Å². The van der Waals surface area contributed by atoms with E-state index < -0.39 is 80.1 Å². The van der Waals surface area contributed by atoms with E-state index in [1.165, 1.54) is 13.4 Å². The highest BCUT2D eigenvalue weighted by atomic mass is 16.8. The zero-order valence-corrected chi connectivity index (χ0v) is 15.4. The number of aliphatic hydroxyl groups is 5. The number of fused-ring (bicyclic) bond motifs is 4. The second-order valence-electron chi connectivity index (χ2n) is 7.38. The van der Waals surface area contributed by atoms with Gasteiger partial charge in [0.15, 0.2) is 18.9 Å². The Hall–Kier alpha value is -1.35. The van der Waals surface area contributed by atoms with Crippen molar-refractivity contribution in [3.05, 3.63) is 11.8 Å². The molecule has 0 saturated carbocycles. The number of aliphatic hydroxyl groups excluding tert-OH is 5. The molecule has 5 N–H and O–H groups in total. The quantitative estimate of drug-likeness (QED) is 0.291. The Balaban J connectivity index is 1.58. The molecule has 11 unspecified atom stereocenters. The van der Waals surface area contributed by atoms with Crippen LogP contribution in [0.4, 0.5) is 0 Å². The van der Waals surface area contributed by atoms with E-state index in [1.807, 2.05) is 0 Å². The predicted molar refractivity (Wildman–Crippen MR) is 87.2 cm³/mol. The van der Waals surface area contributed by atoms with Gasteiger partial charge in [0.05, 0.1) is 31.5 Å². The maximum absolute atomic E-state index is 12.1. The Morgan fingerprint density at radius 2 is 1.86 bits per heavy atom. The summed E-state index contributed by atoms with van der Waals surface area (Å²) in [6, 6.07) is 0. The third kappa shape index (κ3) is 3.54. The smallest absolute Gasteiger partial charge is 0.337 e. The van der Waals surface area contributed by atoms with Gasteiger partial charge in [-0.3, -0.25) is 0 Å². The van der Waals surface area contributed by atoms with Crippen molar-refractivity contribution in [2.24, 2.45) is 11.8 Å². The van der Waals surface area contributed by atoms with E-state index in [9.17, 15) is 30.3 Å². The van der Waals surface area contributed by atoms with E-state index in [-0.39, 0.29) is 12.0 Å². The molecule has 0 radical (unpaired) electrons. The molecular weight excluding hydrogens is 396 g/mol. The molecule has 11 atom stereocenters. The first kappa shape index (κ1) is 20.9. The first-order chi connectivity index (χ1) is 13.8. The van der Waals surface area contributed by atoms with Gasteiger partial charge in [-0.1, -0.05) is 0 Å². The maximum atomic E-state index is 12.1. The molecule has 4 aliphatic rings. The molecule has 0 aromatic heterocycles. The van der Waals surface area contributed by atoms with Crippen LogP contribution in [-0.2, 0) is 33.2 Å². The summed E-state index contributed by atoms with van der Waals surface area (Å²) >= 11 is 0. The average Bonchev–Trinajstić information content (AvgIpc) is 3.01. The van der Waals surface area contributed by atoms with Crippen molar-refractivity contribution in [2.75, 3.05) is 13.7 Å². The molecule has 2 bridgehead atoms. The van der Waals surface area contributed by atoms with Gasteiger partial charge in [0, 0.05) is 12.3 Å². The van der Waals surface area contributed by atoms with Gasteiger partial charge in [-0.05, 0) is 0 Å². The van der Waals surface area contributed by atoms with E-state index in [0.29, 0.717) is 0 Å². The number of hydrogen-bond acceptors (Lipinski definition) is 12. The zero-order chi connectivity index (χ0) is 20.9. The lowest BCUT2D eigenvalue weighted by Crippen LogP contribution is -2.61. The summed E-state index contributed by atoms with van der Waals surface area (Å²) in [5, 5.41) is 49.6. The molecule has 4 rings (SSSR count). The Kier molecular flexibility index (Phi) is 5.81. The fourth-order valence-corrected chi connectivity index (χ4v) is 4.24. The van der Waals surface area contributed by atoms with Crippen LogP contribution in [0.3, 0.4) is 0 Å². The van der Waals surface area contributed by atoms with E-state index in [1.54, 1.807) is 0 Å². The molecule has 12 heteroatoms. The summed E-state index contributed by atoms with van der Waals surface area (Å²) in [6.07, 6.45) is -10.0. The van der Waals surface area contributed by atoms with Gasteiger partial charge in [0.2, 0.25) is 6.29 Å². The van der Waals surface area contributed by atoms with E-state index in [0.717, 1.165) is 0 Å². The van der Waals surface area contributed by atoms with Crippen molar-refractivity contribution in [3.63, 3.8) is 0 Å². The minimum absolute atomic E-state index is 0.224.